The minimum absolute atomic E-state index is 0.142. The number of ether oxygens (including phenoxy) is 1. The fourth-order valence-corrected chi connectivity index (χ4v) is 4.80. The smallest absolute Gasteiger partial charge is 0.261 e. The highest BCUT2D eigenvalue weighted by atomic mass is 35.5. The summed E-state index contributed by atoms with van der Waals surface area (Å²) >= 11 is 6.03. The van der Waals surface area contributed by atoms with Gasteiger partial charge in [0.05, 0.1) is 24.6 Å². The van der Waals surface area contributed by atoms with Gasteiger partial charge in [-0.1, -0.05) is 67.1 Å². The highest BCUT2D eigenvalue weighted by Gasteiger charge is 2.14. The number of hydrogen-bond acceptors (Lipinski definition) is 4. The molecule has 7 heteroatoms. The SMILES string of the molecule is CCCc1nc2ccc(NC(=O)c3cccc(Cl)c3)cc2c(=O)n1Cc1ccc(-c2ccccc2OC)cc1. The summed E-state index contributed by atoms with van der Waals surface area (Å²) in [6.07, 6.45) is 1.54. The van der Waals surface area contributed by atoms with Gasteiger partial charge in [0.1, 0.15) is 11.6 Å². The summed E-state index contributed by atoms with van der Waals surface area (Å²) in [5, 5.41) is 3.79. The molecule has 196 valence electrons. The molecule has 0 radical (unpaired) electrons. The van der Waals surface area contributed by atoms with Gasteiger partial charge >= 0.3 is 0 Å². The normalized spacial score (nSPS) is 10.9. The number of benzene rings is 4. The number of hydrogen-bond donors (Lipinski definition) is 1. The van der Waals surface area contributed by atoms with E-state index in [4.69, 9.17) is 21.3 Å². The molecule has 0 atom stereocenters. The van der Waals surface area contributed by atoms with E-state index in [2.05, 4.69) is 12.2 Å². The van der Waals surface area contributed by atoms with Crippen LogP contribution in [0.1, 0.15) is 35.1 Å². The van der Waals surface area contributed by atoms with E-state index in [9.17, 15) is 9.59 Å². The summed E-state index contributed by atoms with van der Waals surface area (Å²) in [5.41, 5.74) is 4.45. The number of aromatic nitrogens is 2. The summed E-state index contributed by atoms with van der Waals surface area (Å²) < 4.78 is 7.23. The fourth-order valence-electron chi connectivity index (χ4n) is 4.61. The van der Waals surface area contributed by atoms with Gasteiger partial charge < -0.3 is 10.1 Å². The molecule has 0 aliphatic carbocycles. The second kappa shape index (κ2) is 11.5. The first-order valence-corrected chi connectivity index (χ1v) is 13.2. The molecule has 1 aromatic heterocycles. The van der Waals surface area contributed by atoms with Crippen LogP contribution >= 0.6 is 11.6 Å². The Morgan fingerprint density at radius 3 is 2.51 bits per heavy atom. The highest BCUT2D eigenvalue weighted by Crippen LogP contribution is 2.29. The fraction of sp³-hybridized carbons (Fsp3) is 0.156. The van der Waals surface area contributed by atoms with Gasteiger partial charge in [0, 0.05) is 28.3 Å². The zero-order chi connectivity index (χ0) is 27.4. The Kier molecular flexibility index (Phi) is 7.75. The van der Waals surface area contributed by atoms with E-state index in [1.54, 1.807) is 54.1 Å². The minimum atomic E-state index is -0.303. The van der Waals surface area contributed by atoms with Crippen molar-refractivity contribution in [2.45, 2.75) is 26.3 Å². The van der Waals surface area contributed by atoms with Crippen molar-refractivity contribution >= 4 is 34.1 Å². The number of methoxy groups -OCH3 is 1. The van der Waals surface area contributed by atoms with Crippen LogP contribution in [0.25, 0.3) is 22.0 Å². The lowest BCUT2D eigenvalue weighted by molar-refractivity contribution is 0.102. The number of nitrogens with zero attached hydrogens (tertiary/aromatic N) is 2. The molecule has 0 spiro atoms. The molecule has 1 N–H and O–H groups in total. The first-order valence-electron chi connectivity index (χ1n) is 12.8. The number of nitrogens with one attached hydrogen (secondary N) is 1. The number of carbonyl (C=O) groups excluding carboxylic acids is 1. The lowest BCUT2D eigenvalue weighted by Crippen LogP contribution is -2.26. The Labute approximate surface area is 231 Å². The average molecular weight is 538 g/mol. The van der Waals surface area contributed by atoms with Gasteiger partial charge in [-0.05, 0) is 60.0 Å². The van der Waals surface area contributed by atoms with Crippen molar-refractivity contribution in [3.05, 3.63) is 123 Å². The third-order valence-corrected chi connectivity index (χ3v) is 6.80. The summed E-state index contributed by atoms with van der Waals surface area (Å²) in [5.74, 6) is 1.24. The number of aryl methyl sites for hydroxylation is 1. The number of carbonyl (C=O) groups is 1. The Morgan fingerprint density at radius 1 is 0.974 bits per heavy atom. The zero-order valence-electron chi connectivity index (χ0n) is 21.8. The molecule has 0 saturated heterocycles. The van der Waals surface area contributed by atoms with E-state index in [-0.39, 0.29) is 11.5 Å². The standard InChI is InChI=1S/C32H28ClN3O3/c1-3-7-30-35-28-17-16-25(34-31(37)23-8-6-9-24(33)18-23)19-27(28)32(38)36(30)20-21-12-14-22(15-13-21)26-10-4-5-11-29(26)39-2/h4-6,8-19H,3,7,20H2,1-2H3,(H,34,37). The Balaban J connectivity index is 1.47. The topological polar surface area (TPSA) is 73.2 Å². The van der Waals surface area contributed by atoms with Crippen LogP contribution in [-0.4, -0.2) is 22.6 Å². The van der Waals surface area contributed by atoms with Gasteiger partial charge in [-0.25, -0.2) is 4.98 Å². The van der Waals surface area contributed by atoms with Gasteiger partial charge in [0.2, 0.25) is 0 Å². The summed E-state index contributed by atoms with van der Waals surface area (Å²) in [6.45, 7) is 2.46. The minimum Gasteiger partial charge on any atom is -0.496 e. The van der Waals surface area contributed by atoms with Crippen molar-refractivity contribution in [1.82, 2.24) is 9.55 Å². The Hall–Kier alpha value is -4.42. The molecule has 0 aliphatic rings. The third-order valence-electron chi connectivity index (χ3n) is 6.56. The summed E-state index contributed by atoms with van der Waals surface area (Å²) in [7, 11) is 1.66. The lowest BCUT2D eigenvalue weighted by atomic mass is 10.0. The van der Waals surface area contributed by atoms with Crippen LogP contribution in [0.5, 0.6) is 5.75 Å². The lowest BCUT2D eigenvalue weighted by Gasteiger charge is -2.15. The van der Waals surface area contributed by atoms with E-state index < -0.39 is 0 Å². The quantitative estimate of drug-likeness (QED) is 0.232. The number of rotatable bonds is 8. The van der Waals surface area contributed by atoms with E-state index in [0.29, 0.717) is 40.1 Å². The molecule has 0 aliphatic heterocycles. The van der Waals surface area contributed by atoms with Crippen molar-refractivity contribution in [3.8, 4) is 16.9 Å². The van der Waals surface area contributed by atoms with Gasteiger partial charge in [0.25, 0.3) is 11.5 Å². The monoisotopic (exact) mass is 537 g/mol. The zero-order valence-corrected chi connectivity index (χ0v) is 22.5. The predicted molar refractivity (Wildman–Crippen MR) is 157 cm³/mol. The maximum Gasteiger partial charge on any atom is 0.261 e. The van der Waals surface area contributed by atoms with Crippen LogP contribution in [0.15, 0.2) is 95.8 Å². The molecule has 5 aromatic rings. The summed E-state index contributed by atoms with van der Waals surface area (Å²) in [6, 6.07) is 27.9. The molecule has 4 aromatic carbocycles. The molecule has 1 amide bonds. The molecular formula is C32H28ClN3O3. The molecule has 1 heterocycles. The van der Waals surface area contributed by atoms with E-state index in [1.807, 2.05) is 48.5 Å². The third kappa shape index (κ3) is 5.71. The maximum atomic E-state index is 13.7. The van der Waals surface area contributed by atoms with E-state index >= 15 is 0 Å². The highest BCUT2D eigenvalue weighted by molar-refractivity contribution is 6.31. The van der Waals surface area contributed by atoms with Crippen LogP contribution < -0.4 is 15.6 Å². The largest absolute Gasteiger partial charge is 0.496 e. The van der Waals surface area contributed by atoms with Crippen molar-refractivity contribution in [2.24, 2.45) is 0 Å². The van der Waals surface area contributed by atoms with E-state index in [0.717, 1.165) is 34.7 Å². The molecule has 39 heavy (non-hydrogen) atoms. The van der Waals surface area contributed by atoms with Crippen LogP contribution in [0.3, 0.4) is 0 Å². The van der Waals surface area contributed by atoms with Gasteiger partial charge in [-0.3, -0.25) is 14.2 Å². The summed E-state index contributed by atoms with van der Waals surface area (Å²) in [4.78, 5) is 31.3. The van der Waals surface area contributed by atoms with Crippen molar-refractivity contribution in [1.29, 1.82) is 0 Å². The number of fused-ring (bicyclic) bond motifs is 1. The second-order valence-corrected chi connectivity index (χ2v) is 9.70. The van der Waals surface area contributed by atoms with Crippen molar-refractivity contribution < 1.29 is 9.53 Å². The first-order chi connectivity index (χ1) is 19.0. The van der Waals surface area contributed by atoms with Crippen LogP contribution in [0.2, 0.25) is 5.02 Å². The van der Waals surface area contributed by atoms with Gasteiger partial charge in [0.15, 0.2) is 0 Å². The maximum absolute atomic E-state index is 13.7. The van der Waals surface area contributed by atoms with Crippen molar-refractivity contribution in [2.75, 3.05) is 12.4 Å². The molecule has 0 unspecified atom stereocenters. The Bertz CT molecular complexity index is 1710. The molecule has 6 nitrogen and oxygen atoms in total. The average Bonchev–Trinajstić information content (AvgIpc) is 2.96. The predicted octanol–water partition coefficient (Wildman–Crippen LogP) is 6.98. The molecule has 0 bridgehead atoms. The van der Waals surface area contributed by atoms with Crippen LogP contribution in [0.4, 0.5) is 5.69 Å². The van der Waals surface area contributed by atoms with Gasteiger partial charge in [-0.15, -0.1) is 0 Å². The van der Waals surface area contributed by atoms with Crippen LogP contribution in [0, 0.1) is 0 Å². The van der Waals surface area contributed by atoms with Gasteiger partial charge in [-0.2, -0.15) is 0 Å². The van der Waals surface area contributed by atoms with Crippen LogP contribution in [-0.2, 0) is 13.0 Å². The first kappa shape index (κ1) is 26.2. The Morgan fingerprint density at radius 2 is 1.77 bits per heavy atom. The number of para-hydroxylation sites is 1. The molecule has 0 fully saturated rings. The molecule has 0 saturated carbocycles. The van der Waals surface area contributed by atoms with E-state index in [1.165, 1.54) is 0 Å². The number of amides is 1. The molecule has 5 rings (SSSR count). The van der Waals surface area contributed by atoms with Crippen molar-refractivity contribution in [3.63, 3.8) is 0 Å². The molecular weight excluding hydrogens is 510 g/mol. The number of halogens is 1. The number of anilines is 1. The second-order valence-electron chi connectivity index (χ2n) is 9.26.